The molecule has 0 spiro atoms. The van der Waals surface area contributed by atoms with Crippen molar-refractivity contribution >= 4 is 191 Å². The standard InChI is InChI=1S/C14H19NO4.C13H17NO3S.C12H12N2O2S.C12H8N2O2S.C9H14O3.C7H12O3.C7H10O3.C7H6O3.C5H7NO2.CH4N2.8CH4.Cl3OP/c1-4-18-13(16)11-8-6-7-10(9-11)12(15-3)14(17)19-5-2;1-3-17-13(16)8-4-5-10-9(6-8)11(7(2)15)12(14)18-10;2*1-6(15)7-2-3-9-8(4-7)10-11(16)13-5-14-12(10)17-9;1-2-12-9(11)7-4-3-5-8(10)6-7;3*8-6-3-1-2-5(4-6)7(9)10;1-2-8-5(7)3-4-6;2-1-3;;;;;;;;;1-5(2,3)4/h11H,4-9H2,1-2H3;8H,3-6,14H2,1-2H3;5,7H,2-4H2,1H3,(H,13,14,16);2-5H,1H3,(H,13,14,16);7H,2-6H2,1H3;5-6,8H,1-4H2,(H,9,10);5H,1-4H2,(H,9,10);1-4,8H,(H,9,10);2-3H2,1H3;1H,(H3,2,3);8*1H4;/b12-10+;;;;;;;;;;;;;;;;;;. The van der Waals surface area contributed by atoms with Gasteiger partial charge in [0.15, 0.2) is 11.6 Å². The summed E-state index contributed by atoms with van der Waals surface area (Å²) >= 11 is 18.4. The summed E-state index contributed by atoms with van der Waals surface area (Å²) in [6.45, 7) is 22.3. The van der Waals surface area contributed by atoms with Gasteiger partial charge in [-0.15, -0.1) is 34.0 Å². The third-order valence-corrected chi connectivity index (χ3v) is 23.4. The highest BCUT2D eigenvalue weighted by atomic mass is 36.0. The summed E-state index contributed by atoms with van der Waals surface area (Å²) in [7, 11) is 0. The van der Waals surface area contributed by atoms with E-state index in [2.05, 4.69) is 69.0 Å². The quantitative estimate of drug-likeness (QED) is 0.00628. The Morgan fingerprint density at radius 2 is 1.03 bits per heavy atom. The maximum Gasteiger partial charge on any atom is 0.339 e. The summed E-state index contributed by atoms with van der Waals surface area (Å²) in [4.78, 5) is 188. The van der Waals surface area contributed by atoms with E-state index in [9.17, 15) is 76.5 Å². The number of hydrogen-bond acceptors (Lipinski definition) is 31. The van der Waals surface area contributed by atoms with Crippen molar-refractivity contribution in [3.8, 4) is 11.8 Å². The van der Waals surface area contributed by atoms with E-state index in [1.54, 1.807) is 71.1 Å². The van der Waals surface area contributed by atoms with Gasteiger partial charge in [-0.3, -0.25) is 77.1 Å². The van der Waals surface area contributed by atoms with Gasteiger partial charge in [0.25, 0.3) is 16.8 Å². The van der Waals surface area contributed by atoms with Gasteiger partial charge in [0.2, 0.25) is 0 Å². The number of aromatic hydroxyl groups is 1. The number of nitrogens with zero attached hydrogens (tertiary/aromatic N) is 4. The van der Waals surface area contributed by atoms with Gasteiger partial charge in [0.1, 0.15) is 39.2 Å². The van der Waals surface area contributed by atoms with Crippen molar-refractivity contribution in [3.63, 3.8) is 0 Å². The second-order valence-corrected chi connectivity index (χ2v) is 39.1. The Hall–Kier alpha value is -11.0. The molecule has 7 unspecified atom stereocenters. The van der Waals surface area contributed by atoms with Gasteiger partial charge in [-0.25, -0.2) is 19.6 Å². The molecule has 0 radical (unpaired) electrons. The van der Waals surface area contributed by atoms with E-state index in [-0.39, 0.29) is 190 Å². The number of carbonyl (C=O) groups is 13. The lowest BCUT2D eigenvalue weighted by atomic mass is 9.84. The fourth-order valence-electron chi connectivity index (χ4n) is 14.0. The highest BCUT2D eigenvalue weighted by Crippen LogP contribution is 2.61. The van der Waals surface area contributed by atoms with Gasteiger partial charge in [-0.1, -0.05) is 77.5 Å². The van der Waals surface area contributed by atoms with Crippen LogP contribution in [0.4, 0.5) is 5.00 Å². The van der Waals surface area contributed by atoms with Gasteiger partial charge in [-0.2, -0.15) is 5.26 Å². The van der Waals surface area contributed by atoms with E-state index >= 15 is 0 Å². The van der Waals surface area contributed by atoms with Crippen molar-refractivity contribution in [1.29, 1.82) is 10.7 Å². The Labute approximate surface area is 829 Å². The molecule has 0 aliphatic heterocycles. The molecule has 5 aromatic heterocycles. The first-order valence-electron chi connectivity index (χ1n) is 41.3. The second-order valence-electron chi connectivity index (χ2n) is 29.2. The van der Waals surface area contributed by atoms with Crippen molar-refractivity contribution in [2.45, 2.75) is 269 Å². The number of carboxylic acids is 3. The zero-order valence-electron chi connectivity index (χ0n) is 72.7. The van der Waals surface area contributed by atoms with Crippen LogP contribution >= 0.6 is 72.9 Å². The van der Waals surface area contributed by atoms with Crippen molar-refractivity contribution in [1.82, 2.24) is 19.9 Å². The molecule has 2 aromatic carbocycles. The van der Waals surface area contributed by atoms with Gasteiger partial charge in [0, 0.05) is 57.0 Å². The first-order chi connectivity index (χ1) is 61.1. The molecule has 12 N–H and O–H groups in total. The average molecular weight is 2060 g/mol. The van der Waals surface area contributed by atoms with Crippen LogP contribution in [0, 0.1) is 58.8 Å². The monoisotopic (exact) mass is 2060 g/mol. The molecule has 0 amide bonds. The van der Waals surface area contributed by atoms with Crippen molar-refractivity contribution in [2.75, 3.05) is 38.8 Å². The van der Waals surface area contributed by atoms with Crippen LogP contribution in [-0.2, 0) is 102 Å². The highest BCUT2D eigenvalue weighted by molar-refractivity contribution is 8.24. The predicted octanol–water partition coefficient (Wildman–Crippen LogP) is 20.5. The van der Waals surface area contributed by atoms with Crippen LogP contribution in [0.15, 0.2) is 76.0 Å². The van der Waals surface area contributed by atoms with Crippen LogP contribution in [0.3, 0.4) is 0 Å². The number of esters is 5. The number of aromatic nitrogens is 4. The number of allylic oxidation sites excluding steroid dienone is 1. The smallest absolute Gasteiger partial charge is 0.339 e. The third-order valence-electron chi connectivity index (χ3n) is 20.0. The number of phenolic OH excluding ortho intramolecular Hbond substituents is 1. The summed E-state index contributed by atoms with van der Waals surface area (Å²) in [5, 5.41) is 56.5. The number of carbonyl (C=O) groups excluding carboxylic acids is 10. The molecule has 4 fully saturated rings. The van der Waals surface area contributed by atoms with Crippen molar-refractivity contribution in [2.24, 2.45) is 41.2 Å². The van der Waals surface area contributed by atoms with Crippen LogP contribution in [0.2, 0.25) is 0 Å². The first-order valence-corrected chi connectivity index (χ1v) is 48.1. The van der Waals surface area contributed by atoms with Crippen molar-refractivity contribution in [3.05, 3.63) is 136 Å². The zero-order chi connectivity index (χ0) is 96.8. The summed E-state index contributed by atoms with van der Waals surface area (Å²) in [5.74, 6) is -4.99. The number of halogens is 3. The Morgan fingerprint density at radius 3 is 1.46 bits per heavy atom. The molecule has 6 aliphatic rings. The summed E-state index contributed by atoms with van der Waals surface area (Å²) in [6.07, 6.45) is 18.0. The molecule has 766 valence electrons. The number of nitrogens with two attached hydrogens (primary N) is 2. The number of thiophene rings is 3. The maximum atomic E-state index is 11.8. The van der Waals surface area contributed by atoms with E-state index in [0.717, 1.165) is 120 Å². The third kappa shape index (κ3) is 48.3. The lowest BCUT2D eigenvalue weighted by molar-refractivity contribution is -0.151. The van der Waals surface area contributed by atoms with Crippen LogP contribution in [0.5, 0.6) is 5.75 Å². The number of ether oxygens (including phenoxy) is 5. The minimum atomic E-state index is -3.22. The average Bonchev–Trinajstić information content (AvgIpc) is 1.63. The number of carboxylic acid groups (broad SMARTS) is 3. The number of aryl methyl sites for hydroxylation is 2. The molecule has 7 aromatic rings. The number of ketones is 5. The molecule has 6 aliphatic carbocycles. The number of aromatic amines is 2. The number of benzene rings is 2. The number of fused-ring (bicyclic) bond motifs is 7. The maximum absolute atomic E-state index is 11.8. The number of nitrogen functional groups attached to an aromatic ring is 1. The molecule has 7 atom stereocenters. The molecule has 35 nitrogen and oxygen atoms in total. The lowest BCUT2D eigenvalue weighted by Gasteiger charge is -2.23. The van der Waals surface area contributed by atoms with Crippen LogP contribution < -0.4 is 22.6 Å². The van der Waals surface area contributed by atoms with E-state index in [1.807, 2.05) is 6.07 Å². The number of aliphatic hydroxyl groups excluding tert-OH is 1. The molecule has 4 saturated carbocycles. The number of nitrogens with one attached hydrogen (secondary N) is 3. The van der Waals surface area contributed by atoms with Crippen LogP contribution in [0.25, 0.3) is 35.4 Å². The molecule has 137 heavy (non-hydrogen) atoms. The van der Waals surface area contributed by atoms with Gasteiger partial charge in [-0.05, 0) is 246 Å². The molecular formula is C95H141Cl3N9O26PS3. The topological polar surface area (TPSA) is 582 Å². The predicted molar refractivity (Wildman–Crippen MR) is 542 cm³/mol. The molecule has 42 heteroatoms. The number of hydrogen-bond donors (Lipinski definition) is 10. The van der Waals surface area contributed by atoms with Gasteiger partial charge >= 0.3 is 53.0 Å². The second kappa shape index (κ2) is 71.5. The minimum Gasteiger partial charge on any atom is -0.508 e. The first kappa shape index (κ1) is 137. The Morgan fingerprint density at radius 1 is 0.577 bits per heavy atom. The van der Waals surface area contributed by atoms with E-state index in [4.69, 9.17) is 67.5 Å². The zero-order valence-corrected chi connectivity index (χ0v) is 78.3. The van der Waals surface area contributed by atoms with E-state index < -0.39 is 41.0 Å². The number of nitriles is 1. The van der Waals surface area contributed by atoms with Crippen molar-refractivity contribution < 1.29 is 116 Å². The fourth-order valence-corrected chi connectivity index (χ4v) is 17.4. The number of phenols is 1. The largest absolute Gasteiger partial charge is 0.508 e. The number of anilines is 1. The highest BCUT2D eigenvalue weighted by Gasteiger charge is 2.34. The minimum absolute atomic E-state index is 0. The van der Waals surface area contributed by atoms with Crippen LogP contribution in [0.1, 0.15) is 289 Å². The number of aliphatic hydroxyl groups is 1. The van der Waals surface area contributed by atoms with Crippen LogP contribution in [-0.4, -0.2) is 168 Å². The Balaban J connectivity index is -0.000000350. The number of rotatable bonds is 16. The number of aromatic carboxylic acids is 1. The molecular weight excluding hydrogens is 1920 g/mol. The summed E-state index contributed by atoms with van der Waals surface area (Å²) < 4.78 is 34.7. The van der Waals surface area contributed by atoms with E-state index in [0.29, 0.717) is 116 Å². The lowest BCUT2D eigenvalue weighted by Crippen LogP contribution is -2.25. The summed E-state index contributed by atoms with van der Waals surface area (Å²) in [6, 6.07) is 12.6. The molecule has 0 bridgehead atoms. The number of aliphatic carboxylic acids is 2. The fraction of sp³-hybridized carbons (Fsp3) is 0.537. The molecule has 0 saturated heterocycles. The summed E-state index contributed by atoms with van der Waals surface area (Å²) in [5.41, 5.74) is 14.1. The van der Waals surface area contributed by atoms with E-state index in [1.165, 1.54) is 78.3 Å². The Kier molecular flexibility index (Phi) is 71.4. The Bertz CT molecular complexity index is 5350. The molecule has 5 heterocycles. The SMILES string of the molecule is C.C.C.C.C.C.C.C.CC(=O)C1CCc2sc3nc[nH]c(=O)c3c2C1.CC(=O)c1ccc2sc3nc[nH]c(=O)c3c2c1.CCOC(=O)C1CCCC(=O)C1.CCOC(=O)C1CCc2sc(N)c(C(C)=O)c2C1.CCOC(=O)CC#N.N=CN.O=C(O)C1CCCC(O)C1.O=C(O)c1cccc(O)c1.O=C1CCCC(C(=O)O)C1.O=P(Cl)(Cl)Cl.[C-]#[N+]/C(C(=O)OCC)=C1\CCCC(C(=O)OCC)C1. The number of Topliss-reactive ketones (excluding diaryl/α,β-unsaturated/α-hetero) is 5. The molecule has 13 rings (SSSR count). The normalized spacial score (nSPS) is 17.2. The number of H-pyrrole nitrogens is 2. The van der Waals surface area contributed by atoms with Gasteiger partial charge < -0.3 is 70.7 Å². The van der Waals surface area contributed by atoms with Gasteiger partial charge in [0.05, 0.1) is 127 Å².